The molecule has 0 unspecified atom stereocenters. The highest BCUT2D eigenvalue weighted by atomic mass is 32.1. The zero-order valence-corrected chi connectivity index (χ0v) is 11.5. The van der Waals surface area contributed by atoms with E-state index in [2.05, 4.69) is 25.8 Å². The number of carbonyl (C=O) groups is 2. The van der Waals surface area contributed by atoms with Gasteiger partial charge in [0.2, 0.25) is 5.91 Å². The lowest BCUT2D eigenvalue weighted by Crippen LogP contribution is -2.19. The maximum atomic E-state index is 11.7. The number of nitrogens with zero attached hydrogens (tertiary/aromatic N) is 5. The Hall–Kier alpha value is -2.36. The normalized spacial score (nSPS) is 10.2. The van der Waals surface area contributed by atoms with Crippen molar-refractivity contribution < 1.29 is 14.3 Å². The second-order valence-corrected chi connectivity index (χ2v) is 4.54. The maximum Gasteiger partial charge on any atom is 0.311 e. The Kier molecular flexibility index (Phi) is 4.71. The monoisotopic (exact) mass is 296 g/mol. The van der Waals surface area contributed by atoms with E-state index in [-0.39, 0.29) is 24.8 Å². The molecule has 9 nitrogen and oxygen atoms in total. The third kappa shape index (κ3) is 4.09. The Morgan fingerprint density at radius 3 is 3.05 bits per heavy atom. The van der Waals surface area contributed by atoms with Gasteiger partial charge in [0.1, 0.15) is 12.9 Å². The average molecular weight is 296 g/mol. The van der Waals surface area contributed by atoms with Crippen LogP contribution in [-0.2, 0) is 27.3 Å². The lowest BCUT2D eigenvalue weighted by molar-refractivity contribution is -0.142. The Bertz CT molecular complexity index is 582. The fourth-order valence-electron chi connectivity index (χ4n) is 1.36. The van der Waals surface area contributed by atoms with Crippen molar-refractivity contribution in [1.82, 2.24) is 25.2 Å². The molecule has 1 N–H and O–H groups in total. The van der Waals surface area contributed by atoms with Gasteiger partial charge in [0.25, 0.3) is 0 Å². The zero-order valence-electron chi connectivity index (χ0n) is 10.6. The molecule has 0 bridgehead atoms. The first-order valence-electron chi connectivity index (χ1n) is 5.78. The van der Waals surface area contributed by atoms with E-state index < -0.39 is 0 Å². The topological polar surface area (TPSA) is 112 Å². The summed E-state index contributed by atoms with van der Waals surface area (Å²) in [5.74, 6) is -0.640. The second-order valence-electron chi connectivity index (χ2n) is 3.68. The number of carbonyl (C=O) groups excluding carboxylic acids is 2. The predicted molar refractivity (Wildman–Crippen MR) is 68.9 cm³/mol. The Morgan fingerprint density at radius 2 is 2.35 bits per heavy atom. The lowest BCUT2D eigenvalue weighted by atomic mass is 10.3. The number of amides is 1. The highest BCUT2D eigenvalue weighted by molar-refractivity contribution is 7.13. The first-order chi connectivity index (χ1) is 9.67. The molecular weight excluding hydrogens is 284 g/mol. The molecule has 106 valence electrons. The van der Waals surface area contributed by atoms with Gasteiger partial charge in [-0.25, -0.2) is 9.67 Å². The first-order valence-corrected chi connectivity index (χ1v) is 6.66. The minimum atomic E-state index is -0.343. The SMILES string of the molecule is CCOC(=O)Cc1csc(NC(=O)Cn2cnnn2)n1. The third-order valence-electron chi connectivity index (χ3n) is 2.13. The van der Waals surface area contributed by atoms with Crippen LogP contribution in [-0.4, -0.2) is 43.7 Å². The fourth-order valence-corrected chi connectivity index (χ4v) is 2.09. The number of hydrogen-bond donors (Lipinski definition) is 1. The van der Waals surface area contributed by atoms with Gasteiger partial charge in [-0.3, -0.25) is 9.59 Å². The van der Waals surface area contributed by atoms with Gasteiger partial charge in [-0.15, -0.1) is 16.4 Å². The van der Waals surface area contributed by atoms with Crippen LogP contribution in [0.3, 0.4) is 0 Å². The van der Waals surface area contributed by atoms with E-state index in [1.807, 2.05) is 0 Å². The predicted octanol–water partition coefficient (Wildman–Crippen LogP) is -0.126. The van der Waals surface area contributed by atoms with Crippen molar-refractivity contribution in [3.8, 4) is 0 Å². The van der Waals surface area contributed by atoms with Crippen LogP contribution in [0.5, 0.6) is 0 Å². The standard InChI is InChI=1S/C10H12N6O3S/c1-2-19-9(18)3-7-5-20-10(12-7)13-8(17)4-16-6-11-14-15-16/h5-6H,2-4H2,1H3,(H,12,13,17). The summed E-state index contributed by atoms with van der Waals surface area (Å²) in [6.45, 7) is 2.07. The molecule has 1 amide bonds. The van der Waals surface area contributed by atoms with Crippen LogP contribution in [0.25, 0.3) is 0 Å². The van der Waals surface area contributed by atoms with Crippen LogP contribution in [0.1, 0.15) is 12.6 Å². The van der Waals surface area contributed by atoms with Crippen molar-refractivity contribution in [3.05, 3.63) is 17.4 Å². The van der Waals surface area contributed by atoms with E-state index in [4.69, 9.17) is 4.74 Å². The molecule has 20 heavy (non-hydrogen) atoms. The summed E-state index contributed by atoms with van der Waals surface area (Å²) in [5, 5.41) is 15.2. The number of nitrogens with one attached hydrogen (secondary N) is 1. The minimum absolute atomic E-state index is 0.000209. The van der Waals surface area contributed by atoms with Gasteiger partial charge in [0, 0.05) is 5.38 Å². The molecule has 2 rings (SSSR count). The molecule has 0 atom stereocenters. The minimum Gasteiger partial charge on any atom is -0.466 e. The summed E-state index contributed by atoms with van der Waals surface area (Å²) >= 11 is 1.24. The molecule has 0 saturated heterocycles. The summed E-state index contributed by atoms with van der Waals surface area (Å²) in [6, 6.07) is 0. The summed E-state index contributed by atoms with van der Waals surface area (Å²) in [4.78, 5) is 27.1. The van der Waals surface area contributed by atoms with E-state index in [1.165, 1.54) is 22.3 Å². The molecule has 0 radical (unpaired) electrons. The van der Waals surface area contributed by atoms with Crippen molar-refractivity contribution in [1.29, 1.82) is 0 Å². The summed E-state index contributed by atoms with van der Waals surface area (Å²) in [6.07, 6.45) is 1.43. The quantitative estimate of drug-likeness (QED) is 0.739. The smallest absolute Gasteiger partial charge is 0.311 e. The molecular formula is C10H12N6O3S. The van der Waals surface area contributed by atoms with Crippen LogP contribution in [0.15, 0.2) is 11.7 Å². The zero-order chi connectivity index (χ0) is 14.4. The number of thiazole rings is 1. The molecule has 0 saturated carbocycles. The van der Waals surface area contributed by atoms with E-state index in [0.717, 1.165) is 0 Å². The second kappa shape index (κ2) is 6.70. The molecule has 0 aliphatic heterocycles. The third-order valence-corrected chi connectivity index (χ3v) is 2.93. The fraction of sp³-hybridized carbons (Fsp3) is 0.400. The number of hydrogen-bond acceptors (Lipinski definition) is 8. The van der Waals surface area contributed by atoms with Gasteiger partial charge in [-0.1, -0.05) is 0 Å². The molecule has 0 fully saturated rings. The van der Waals surface area contributed by atoms with Crippen LogP contribution < -0.4 is 5.32 Å². The van der Waals surface area contributed by atoms with Crippen molar-refractivity contribution in [2.75, 3.05) is 11.9 Å². The molecule has 2 aromatic heterocycles. The molecule has 0 aliphatic carbocycles. The van der Waals surface area contributed by atoms with Crippen molar-refractivity contribution in [2.45, 2.75) is 19.9 Å². The van der Waals surface area contributed by atoms with Crippen LogP contribution >= 0.6 is 11.3 Å². The number of esters is 1. The van der Waals surface area contributed by atoms with E-state index in [9.17, 15) is 9.59 Å². The van der Waals surface area contributed by atoms with Crippen molar-refractivity contribution in [3.63, 3.8) is 0 Å². The van der Waals surface area contributed by atoms with E-state index in [0.29, 0.717) is 17.4 Å². The number of tetrazole rings is 1. The molecule has 0 aliphatic rings. The first kappa shape index (κ1) is 14.1. The van der Waals surface area contributed by atoms with Gasteiger partial charge >= 0.3 is 5.97 Å². The maximum absolute atomic E-state index is 11.7. The summed E-state index contributed by atoms with van der Waals surface area (Å²) < 4.78 is 6.11. The Balaban J connectivity index is 1.86. The van der Waals surface area contributed by atoms with Crippen LogP contribution in [0, 0.1) is 0 Å². The molecule has 2 heterocycles. The van der Waals surface area contributed by atoms with Gasteiger partial charge in [-0.2, -0.15) is 0 Å². The highest BCUT2D eigenvalue weighted by Crippen LogP contribution is 2.16. The number of ether oxygens (including phenoxy) is 1. The van der Waals surface area contributed by atoms with E-state index in [1.54, 1.807) is 12.3 Å². The van der Waals surface area contributed by atoms with Gasteiger partial charge in [-0.05, 0) is 17.4 Å². The van der Waals surface area contributed by atoms with Gasteiger partial charge in [0.15, 0.2) is 5.13 Å². The van der Waals surface area contributed by atoms with Gasteiger partial charge < -0.3 is 10.1 Å². The molecule has 10 heteroatoms. The van der Waals surface area contributed by atoms with Gasteiger partial charge in [0.05, 0.1) is 18.7 Å². The summed E-state index contributed by atoms with van der Waals surface area (Å²) in [7, 11) is 0. The Labute approximate surface area is 118 Å². The largest absolute Gasteiger partial charge is 0.466 e. The van der Waals surface area contributed by atoms with Crippen molar-refractivity contribution >= 4 is 28.3 Å². The lowest BCUT2D eigenvalue weighted by Gasteiger charge is -2.00. The highest BCUT2D eigenvalue weighted by Gasteiger charge is 2.11. The number of rotatable bonds is 6. The van der Waals surface area contributed by atoms with Crippen molar-refractivity contribution in [2.24, 2.45) is 0 Å². The molecule has 2 aromatic rings. The van der Waals surface area contributed by atoms with E-state index >= 15 is 0 Å². The number of anilines is 1. The van der Waals surface area contributed by atoms with Crippen LogP contribution in [0.2, 0.25) is 0 Å². The molecule has 0 spiro atoms. The summed E-state index contributed by atoms with van der Waals surface area (Å²) in [5.41, 5.74) is 0.561. The average Bonchev–Trinajstić information content (AvgIpc) is 3.02. The Morgan fingerprint density at radius 1 is 1.50 bits per heavy atom. The van der Waals surface area contributed by atoms with Crippen LogP contribution in [0.4, 0.5) is 5.13 Å². The molecule has 0 aromatic carbocycles. The number of aromatic nitrogens is 5.